The van der Waals surface area contributed by atoms with Crippen LogP contribution in [0.1, 0.15) is 31.1 Å². The van der Waals surface area contributed by atoms with E-state index in [1.807, 2.05) is 0 Å². The van der Waals surface area contributed by atoms with Gasteiger partial charge in [0.1, 0.15) is 5.75 Å². The maximum atomic E-state index is 12.1. The first-order valence-corrected chi connectivity index (χ1v) is 7.43. The molecular weight excluding hydrogens is 268 g/mol. The molecule has 5 nitrogen and oxygen atoms in total. The van der Waals surface area contributed by atoms with E-state index in [1.54, 1.807) is 18.2 Å². The Morgan fingerprint density at radius 3 is 2.62 bits per heavy atom. The van der Waals surface area contributed by atoms with E-state index >= 15 is 0 Å². The summed E-state index contributed by atoms with van der Waals surface area (Å²) < 4.78 is 5.72. The van der Waals surface area contributed by atoms with Crippen LogP contribution in [0.3, 0.4) is 0 Å². The highest BCUT2D eigenvalue weighted by Gasteiger charge is 2.26. The van der Waals surface area contributed by atoms with Crippen LogP contribution < -0.4 is 5.32 Å². The standard InChI is InChI=1S/C16H24N2O3/c1-11(18-9-12(2)21-13(3)10-18)8-17-16(20)14-6-4-5-7-15(14)19/h4-7,11-13,19H,8-10H2,1-3H3,(H,17,20)/t11-,12-,13+/m1/s1. The van der Waals surface area contributed by atoms with Crippen LogP contribution in [0.2, 0.25) is 0 Å². The molecule has 1 amide bonds. The first-order chi connectivity index (χ1) is 9.97. The molecule has 1 aliphatic heterocycles. The van der Waals surface area contributed by atoms with E-state index in [2.05, 4.69) is 31.0 Å². The Labute approximate surface area is 125 Å². The zero-order chi connectivity index (χ0) is 15.4. The summed E-state index contributed by atoms with van der Waals surface area (Å²) in [6.07, 6.45) is 0.426. The first-order valence-electron chi connectivity index (χ1n) is 7.43. The molecule has 1 aromatic rings. The van der Waals surface area contributed by atoms with Crippen molar-refractivity contribution in [3.8, 4) is 5.75 Å². The highest BCUT2D eigenvalue weighted by atomic mass is 16.5. The molecule has 1 saturated heterocycles. The summed E-state index contributed by atoms with van der Waals surface area (Å²) in [6.45, 7) is 8.52. The van der Waals surface area contributed by atoms with Crippen LogP contribution in [0.25, 0.3) is 0 Å². The van der Waals surface area contributed by atoms with Gasteiger partial charge in [0, 0.05) is 25.7 Å². The number of hydrogen-bond acceptors (Lipinski definition) is 4. The lowest BCUT2D eigenvalue weighted by atomic mass is 10.1. The third-order valence-corrected chi connectivity index (χ3v) is 3.78. The summed E-state index contributed by atoms with van der Waals surface area (Å²) in [5, 5.41) is 12.6. The SMILES string of the molecule is C[C@@H]1CN([C@H](C)CNC(=O)c2ccccc2O)C[C@H](C)O1. The number of nitrogens with zero attached hydrogens (tertiary/aromatic N) is 1. The smallest absolute Gasteiger partial charge is 0.255 e. The number of carbonyl (C=O) groups is 1. The van der Waals surface area contributed by atoms with Gasteiger partial charge in [-0.1, -0.05) is 12.1 Å². The maximum absolute atomic E-state index is 12.1. The summed E-state index contributed by atoms with van der Waals surface area (Å²) in [5.41, 5.74) is 0.313. The van der Waals surface area contributed by atoms with E-state index in [0.717, 1.165) is 13.1 Å². The van der Waals surface area contributed by atoms with Gasteiger partial charge in [-0.2, -0.15) is 0 Å². The molecular formula is C16H24N2O3. The molecule has 2 rings (SSSR count). The number of hydrogen-bond donors (Lipinski definition) is 2. The van der Waals surface area contributed by atoms with E-state index in [9.17, 15) is 9.90 Å². The van der Waals surface area contributed by atoms with E-state index in [1.165, 1.54) is 6.07 Å². The van der Waals surface area contributed by atoms with Crippen LogP contribution in [-0.2, 0) is 4.74 Å². The third-order valence-electron chi connectivity index (χ3n) is 3.78. The Morgan fingerprint density at radius 1 is 1.38 bits per heavy atom. The molecule has 0 aromatic heterocycles. The van der Waals surface area contributed by atoms with Crippen molar-refractivity contribution in [2.45, 2.75) is 39.0 Å². The molecule has 1 heterocycles. The van der Waals surface area contributed by atoms with E-state index in [0.29, 0.717) is 12.1 Å². The average molecular weight is 292 g/mol. The molecule has 21 heavy (non-hydrogen) atoms. The van der Waals surface area contributed by atoms with E-state index in [-0.39, 0.29) is 29.9 Å². The number of nitrogens with one attached hydrogen (secondary N) is 1. The number of carbonyl (C=O) groups excluding carboxylic acids is 1. The van der Waals surface area contributed by atoms with Crippen LogP contribution >= 0.6 is 0 Å². The van der Waals surface area contributed by atoms with Gasteiger partial charge in [0.25, 0.3) is 5.91 Å². The molecule has 2 N–H and O–H groups in total. The fraction of sp³-hybridized carbons (Fsp3) is 0.562. The molecule has 0 radical (unpaired) electrons. The Kier molecular flexibility index (Phi) is 5.20. The summed E-state index contributed by atoms with van der Waals surface area (Å²) >= 11 is 0. The maximum Gasteiger partial charge on any atom is 0.255 e. The average Bonchev–Trinajstić information content (AvgIpc) is 2.43. The highest BCUT2D eigenvalue weighted by molar-refractivity contribution is 5.96. The molecule has 1 aliphatic rings. The predicted octanol–water partition coefficient (Wildman–Crippen LogP) is 1.62. The lowest BCUT2D eigenvalue weighted by Gasteiger charge is -2.39. The van der Waals surface area contributed by atoms with Crippen molar-refractivity contribution in [3.05, 3.63) is 29.8 Å². The van der Waals surface area contributed by atoms with Crippen molar-refractivity contribution in [2.75, 3.05) is 19.6 Å². The van der Waals surface area contributed by atoms with Crippen molar-refractivity contribution in [1.29, 1.82) is 0 Å². The Bertz CT molecular complexity index is 482. The molecule has 3 atom stereocenters. The number of phenolic OH excluding ortho intramolecular Hbond substituents is 1. The van der Waals surface area contributed by atoms with Gasteiger partial charge in [0.2, 0.25) is 0 Å². The molecule has 0 spiro atoms. The zero-order valence-electron chi connectivity index (χ0n) is 12.9. The lowest BCUT2D eigenvalue weighted by Crippen LogP contribution is -2.52. The highest BCUT2D eigenvalue weighted by Crippen LogP contribution is 2.16. The number of benzene rings is 1. The topological polar surface area (TPSA) is 61.8 Å². The van der Waals surface area contributed by atoms with Crippen molar-refractivity contribution in [1.82, 2.24) is 10.2 Å². The fourth-order valence-electron chi connectivity index (χ4n) is 2.71. The Hall–Kier alpha value is -1.59. The van der Waals surface area contributed by atoms with Crippen molar-refractivity contribution < 1.29 is 14.6 Å². The summed E-state index contributed by atoms with van der Waals surface area (Å²) in [5.74, 6) is -0.231. The van der Waals surface area contributed by atoms with Gasteiger partial charge in [-0.25, -0.2) is 0 Å². The van der Waals surface area contributed by atoms with Crippen LogP contribution in [0, 0.1) is 0 Å². The number of amides is 1. The van der Waals surface area contributed by atoms with Gasteiger partial charge in [-0.15, -0.1) is 0 Å². The minimum Gasteiger partial charge on any atom is -0.507 e. The van der Waals surface area contributed by atoms with E-state index < -0.39 is 0 Å². The molecule has 0 saturated carbocycles. The number of rotatable bonds is 4. The van der Waals surface area contributed by atoms with Gasteiger partial charge < -0.3 is 15.2 Å². The minimum absolute atomic E-state index is 0.0104. The van der Waals surface area contributed by atoms with Gasteiger partial charge in [0.05, 0.1) is 17.8 Å². The Balaban J connectivity index is 1.87. The largest absolute Gasteiger partial charge is 0.507 e. The number of aromatic hydroxyl groups is 1. The molecule has 0 aliphatic carbocycles. The molecule has 5 heteroatoms. The number of phenols is 1. The third kappa shape index (κ3) is 4.19. The first kappa shape index (κ1) is 15.8. The van der Waals surface area contributed by atoms with Crippen molar-refractivity contribution in [3.63, 3.8) is 0 Å². The van der Waals surface area contributed by atoms with Crippen LogP contribution in [0.5, 0.6) is 5.75 Å². The van der Waals surface area contributed by atoms with Crippen LogP contribution in [-0.4, -0.2) is 53.8 Å². The quantitative estimate of drug-likeness (QED) is 0.885. The van der Waals surface area contributed by atoms with Gasteiger partial charge >= 0.3 is 0 Å². The minimum atomic E-state index is -0.241. The second kappa shape index (κ2) is 6.91. The fourth-order valence-corrected chi connectivity index (χ4v) is 2.71. The normalized spacial score (nSPS) is 24.5. The molecule has 0 bridgehead atoms. The predicted molar refractivity (Wildman–Crippen MR) is 81.5 cm³/mol. The summed E-state index contributed by atoms with van der Waals surface area (Å²) in [4.78, 5) is 14.4. The second-order valence-corrected chi connectivity index (χ2v) is 5.79. The zero-order valence-corrected chi connectivity index (χ0v) is 12.9. The second-order valence-electron chi connectivity index (χ2n) is 5.79. The molecule has 116 valence electrons. The summed E-state index contributed by atoms with van der Waals surface area (Å²) in [7, 11) is 0. The monoisotopic (exact) mass is 292 g/mol. The molecule has 1 fully saturated rings. The number of ether oxygens (including phenoxy) is 1. The number of morpholine rings is 1. The molecule has 0 unspecified atom stereocenters. The van der Waals surface area contributed by atoms with Crippen molar-refractivity contribution in [2.24, 2.45) is 0 Å². The molecule has 1 aromatic carbocycles. The number of para-hydroxylation sites is 1. The van der Waals surface area contributed by atoms with E-state index in [4.69, 9.17) is 4.74 Å². The Morgan fingerprint density at radius 2 is 2.00 bits per heavy atom. The summed E-state index contributed by atoms with van der Waals surface area (Å²) in [6, 6.07) is 6.81. The van der Waals surface area contributed by atoms with Gasteiger partial charge in [-0.3, -0.25) is 9.69 Å². The lowest BCUT2D eigenvalue weighted by molar-refractivity contribution is -0.0778. The van der Waals surface area contributed by atoms with Gasteiger partial charge in [0.15, 0.2) is 0 Å². The van der Waals surface area contributed by atoms with Crippen LogP contribution in [0.4, 0.5) is 0 Å². The van der Waals surface area contributed by atoms with Crippen LogP contribution in [0.15, 0.2) is 24.3 Å². The van der Waals surface area contributed by atoms with Crippen molar-refractivity contribution >= 4 is 5.91 Å². The van der Waals surface area contributed by atoms with Gasteiger partial charge in [-0.05, 0) is 32.9 Å².